The molecule has 1 saturated heterocycles. The summed E-state index contributed by atoms with van der Waals surface area (Å²) < 4.78 is 38.3. The van der Waals surface area contributed by atoms with Gasteiger partial charge in [-0.15, -0.1) is 0 Å². The molecule has 1 aromatic carbocycles. The Bertz CT molecular complexity index is 559. The van der Waals surface area contributed by atoms with Crippen LogP contribution < -0.4 is 4.72 Å². The van der Waals surface area contributed by atoms with Gasteiger partial charge in [0, 0.05) is 11.0 Å². The van der Waals surface area contributed by atoms with Crippen LogP contribution in [0.4, 0.5) is 0 Å². The summed E-state index contributed by atoms with van der Waals surface area (Å²) in [6.07, 6.45) is -0.267. The van der Waals surface area contributed by atoms with E-state index in [-0.39, 0.29) is 17.5 Å². The summed E-state index contributed by atoms with van der Waals surface area (Å²) in [6, 6.07) is 6.55. The minimum atomic E-state index is -3.52. The van der Waals surface area contributed by atoms with Crippen molar-refractivity contribution < 1.29 is 17.9 Å². The first kappa shape index (κ1) is 14.9. The highest BCUT2D eigenvalue weighted by atomic mass is 79.9. The van der Waals surface area contributed by atoms with Gasteiger partial charge in [0.25, 0.3) is 0 Å². The molecule has 1 heterocycles. The van der Waals surface area contributed by atoms with E-state index < -0.39 is 15.8 Å². The molecule has 2 rings (SSSR count). The van der Waals surface area contributed by atoms with Crippen LogP contribution in [0.15, 0.2) is 33.6 Å². The first-order valence-corrected chi connectivity index (χ1v) is 8.13. The van der Waals surface area contributed by atoms with Crippen LogP contribution in [-0.4, -0.2) is 33.5 Å². The summed E-state index contributed by atoms with van der Waals surface area (Å²) in [5.74, 6) is -0.647. The van der Waals surface area contributed by atoms with Crippen molar-refractivity contribution in [3.8, 4) is 0 Å². The lowest BCUT2D eigenvalue weighted by Gasteiger charge is -2.17. The Morgan fingerprint density at radius 1 is 1.47 bits per heavy atom. The van der Waals surface area contributed by atoms with E-state index in [0.29, 0.717) is 6.61 Å². The second kappa shape index (κ2) is 5.49. The van der Waals surface area contributed by atoms with Gasteiger partial charge < -0.3 is 9.47 Å². The lowest BCUT2D eigenvalue weighted by Crippen LogP contribution is -2.34. The SMILES string of the molecule is CC1(C)OCC(CNS(=O)(=O)c2cccc(Br)c2)O1. The van der Waals surface area contributed by atoms with Crippen LogP contribution in [0.1, 0.15) is 13.8 Å². The quantitative estimate of drug-likeness (QED) is 0.901. The number of hydrogen-bond donors (Lipinski definition) is 1. The van der Waals surface area contributed by atoms with Crippen molar-refractivity contribution in [2.75, 3.05) is 13.2 Å². The fourth-order valence-electron chi connectivity index (χ4n) is 1.78. The first-order chi connectivity index (χ1) is 8.78. The molecule has 0 saturated carbocycles. The highest BCUT2D eigenvalue weighted by Gasteiger charge is 2.33. The molecule has 1 aromatic rings. The minimum Gasteiger partial charge on any atom is -0.348 e. The number of sulfonamides is 1. The summed E-state index contributed by atoms with van der Waals surface area (Å²) >= 11 is 3.25. The average molecular weight is 350 g/mol. The van der Waals surface area contributed by atoms with Gasteiger partial charge in [-0.1, -0.05) is 22.0 Å². The molecule has 1 fully saturated rings. The van der Waals surface area contributed by atoms with E-state index in [1.54, 1.807) is 38.1 Å². The molecule has 0 amide bonds. The molecule has 1 aliphatic rings. The van der Waals surface area contributed by atoms with Gasteiger partial charge >= 0.3 is 0 Å². The van der Waals surface area contributed by atoms with Gasteiger partial charge in [0.1, 0.15) is 0 Å². The van der Waals surface area contributed by atoms with Crippen LogP contribution >= 0.6 is 15.9 Å². The zero-order valence-electron chi connectivity index (χ0n) is 10.7. The van der Waals surface area contributed by atoms with Crippen molar-refractivity contribution in [1.29, 1.82) is 0 Å². The summed E-state index contributed by atoms with van der Waals surface area (Å²) in [5, 5.41) is 0. The van der Waals surface area contributed by atoms with Crippen LogP contribution in [0, 0.1) is 0 Å². The second-order valence-electron chi connectivity index (χ2n) is 4.76. The minimum absolute atomic E-state index is 0.193. The molecule has 0 aliphatic carbocycles. The Labute approximate surface area is 121 Å². The van der Waals surface area contributed by atoms with Gasteiger partial charge in [-0.05, 0) is 32.0 Å². The third-order valence-electron chi connectivity index (χ3n) is 2.67. The van der Waals surface area contributed by atoms with Crippen LogP contribution in [0.5, 0.6) is 0 Å². The number of ether oxygens (including phenoxy) is 2. The summed E-state index contributed by atoms with van der Waals surface area (Å²) in [6.45, 7) is 4.18. The summed E-state index contributed by atoms with van der Waals surface area (Å²) in [7, 11) is -3.52. The van der Waals surface area contributed by atoms with Crippen LogP contribution in [0.2, 0.25) is 0 Å². The second-order valence-corrected chi connectivity index (χ2v) is 7.44. The van der Waals surface area contributed by atoms with Gasteiger partial charge in [0.05, 0.1) is 17.6 Å². The summed E-state index contributed by atoms with van der Waals surface area (Å²) in [4.78, 5) is 0.222. The van der Waals surface area contributed by atoms with Crippen molar-refractivity contribution in [3.63, 3.8) is 0 Å². The van der Waals surface area contributed by atoms with Crippen LogP contribution in [0.25, 0.3) is 0 Å². The smallest absolute Gasteiger partial charge is 0.240 e. The third kappa shape index (κ3) is 4.00. The lowest BCUT2D eigenvalue weighted by atomic mass is 10.4. The number of rotatable bonds is 4. The fourth-order valence-corrected chi connectivity index (χ4v) is 3.45. The van der Waals surface area contributed by atoms with Gasteiger partial charge in [-0.25, -0.2) is 13.1 Å². The number of halogens is 1. The first-order valence-electron chi connectivity index (χ1n) is 5.85. The maximum absolute atomic E-state index is 12.1. The molecular formula is C12H16BrNO4S. The molecular weight excluding hydrogens is 334 g/mol. The van der Waals surface area contributed by atoms with Gasteiger partial charge in [-0.3, -0.25) is 0 Å². The van der Waals surface area contributed by atoms with Crippen LogP contribution in [0.3, 0.4) is 0 Å². The van der Waals surface area contributed by atoms with E-state index in [9.17, 15) is 8.42 Å². The number of benzene rings is 1. The molecule has 1 atom stereocenters. The average Bonchev–Trinajstić information content (AvgIpc) is 2.67. The van der Waals surface area contributed by atoms with Crippen molar-refractivity contribution in [2.45, 2.75) is 30.6 Å². The van der Waals surface area contributed by atoms with E-state index >= 15 is 0 Å². The summed E-state index contributed by atoms with van der Waals surface area (Å²) in [5.41, 5.74) is 0. The Morgan fingerprint density at radius 2 is 2.21 bits per heavy atom. The van der Waals surface area contributed by atoms with E-state index in [0.717, 1.165) is 4.47 Å². The molecule has 7 heteroatoms. The predicted octanol–water partition coefficient (Wildman–Crippen LogP) is 1.88. The van der Waals surface area contributed by atoms with Gasteiger partial charge in [-0.2, -0.15) is 0 Å². The Hall–Kier alpha value is -0.470. The molecule has 19 heavy (non-hydrogen) atoms. The van der Waals surface area contributed by atoms with E-state index in [1.807, 2.05) is 0 Å². The normalized spacial score (nSPS) is 22.6. The van der Waals surface area contributed by atoms with Crippen LogP contribution in [-0.2, 0) is 19.5 Å². The van der Waals surface area contributed by atoms with Crippen molar-refractivity contribution in [1.82, 2.24) is 4.72 Å². The standard InChI is InChI=1S/C12H16BrNO4S/c1-12(2)17-8-10(18-12)7-14-19(15,16)11-5-3-4-9(13)6-11/h3-6,10,14H,7-8H2,1-2H3. The Kier molecular flexibility index (Phi) is 4.32. The van der Waals surface area contributed by atoms with Crippen molar-refractivity contribution >= 4 is 26.0 Å². The molecule has 1 N–H and O–H groups in total. The topological polar surface area (TPSA) is 64.6 Å². The monoisotopic (exact) mass is 349 g/mol. The predicted molar refractivity (Wildman–Crippen MR) is 74.2 cm³/mol. The Balaban J connectivity index is 1.99. The molecule has 0 radical (unpaired) electrons. The molecule has 1 unspecified atom stereocenters. The van der Waals surface area contributed by atoms with Gasteiger partial charge in [0.2, 0.25) is 10.0 Å². The largest absolute Gasteiger partial charge is 0.348 e. The molecule has 0 aromatic heterocycles. The molecule has 106 valence electrons. The highest BCUT2D eigenvalue weighted by Crippen LogP contribution is 2.22. The van der Waals surface area contributed by atoms with E-state index in [4.69, 9.17) is 9.47 Å². The lowest BCUT2D eigenvalue weighted by molar-refractivity contribution is -0.137. The van der Waals surface area contributed by atoms with Gasteiger partial charge in [0.15, 0.2) is 5.79 Å². The molecule has 1 aliphatic heterocycles. The molecule has 5 nitrogen and oxygen atoms in total. The fraction of sp³-hybridized carbons (Fsp3) is 0.500. The van der Waals surface area contributed by atoms with E-state index in [2.05, 4.69) is 20.7 Å². The number of hydrogen-bond acceptors (Lipinski definition) is 4. The maximum Gasteiger partial charge on any atom is 0.240 e. The Morgan fingerprint density at radius 3 is 2.79 bits per heavy atom. The van der Waals surface area contributed by atoms with Crippen molar-refractivity contribution in [2.24, 2.45) is 0 Å². The zero-order valence-corrected chi connectivity index (χ0v) is 13.1. The number of nitrogens with one attached hydrogen (secondary N) is 1. The molecule has 0 bridgehead atoms. The molecule has 0 spiro atoms. The van der Waals surface area contributed by atoms with Crippen molar-refractivity contribution in [3.05, 3.63) is 28.7 Å². The zero-order chi connectivity index (χ0) is 14.1. The highest BCUT2D eigenvalue weighted by molar-refractivity contribution is 9.10. The van der Waals surface area contributed by atoms with E-state index in [1.165, 1.54) is 0 Å². The third-order valence-corrected chi connectivity index (χ3v) is 4.59. The maximum atomic E-state index is 12.1.